The molecule has 0 unspecified atom stereocenters. The predicted molar refractivity (Wildman–Crippen MR) is 76.7 cm³/mol. The van der Waals surface area contributed by atoms with Crippen molar-refractivity contribution in [2.24, 2.45) is 5.10 Å². The minimum absolute atomic E-state index is 0.211. The van der Waals surface area contributed by atoms with Crippen molar-refractivity contribution in [2.45, 2.75) is 19.0 Å². The molecule has 1 amide bonds. The van der Waals surface area contributed by atoms with E-state index in [0.29, 0.717) is 5.16 Å². The first-order valence-corrected chi connectivity index (χ1v) is 6.91. The SMILES string of the molecule is Cc1cc(C)nc(SCC(=O)N/N=C\c2ccoc2)n1. The highest BCUT2D eigenvalue weighted by atomic mass is 32.2. The first-order valence-electron chi connectivity index (χ1n) is 5.92. The molecule has 0 aliphatic carbocycles. The van der Waals surface area contributed by atoms with Crippen molar-refractivity contribution in [1.29, 1.82) is 0 Å². The highest BCUT2D eigenvalue weighted by Gasteiger charge is 2.05. The van der Waals surface area contributed by atoms with E-state index in [4.69, 9.17) is 4.42 Å². The molecule has 0 spiro atoms. The van der Waals surface area contributed by atoms with Crippen molar-refractivity contribution >= 4 is 23.9 Å². The Hall–Kier alpha value is -2.15. The maximum atomic E-state index is 11.6. The lowest BCUT2D eigenvalue weighted by Gasteiger charge is -2.02. The van der Waals surface area contributed by atoms with E-state index < -0.39 is 0 Å². The van der Waals surface area contributed by atoms with Crippen molar-refractivity contribution in [3.63, 3.8) is 0 Å². The van der Waals surface area contributed by atoms with Gasteiger partial charge in [-0.15, -0.1) is 0 Å². The summed E-state index contributed by atoms with van der Waals surface area (Å²) in [4.78, 5) is 20.1. The Bertz CT molecular complexity index is 591. The molecule has 104 valence electrons. The fraction of sp³-hybridized carbons (Fsp3) is 0.231. The third-order valence-electron chi connectivity index (χ3n) is 2.24. The lowest BCUT2D eigenvalue weighted by Crippen LogP contribution is -2.19. The molecule has 1 N–H and O–H groups in total. The number of aromatic nitrogens is 2. The van der Waals surface area contributed by atoms with Crippen molar-refractivity contribution in [3.8, 4) is 0 Å². The Kier molecular flexibility index (Phi) is 4.89. The molecule has 0 aromatic carbocycles. The van der Waals surface area contributed by atoms with E-state index in [0.717, 1.165) is 17.0 Å². The average Bonchev–Trinajstić information content (AvgIpc) is 2.88. The number of amides is 1. The van der Waals surface area contributed by atoms with Crippen LogP contribution in [0.1, 0.15) is 17.0 Å². The molecule has 0 aliphatic rings. The summed E-state index contributed by atoms with van der Waals surface area (Å²) in [7, 11) is 0. The van der Waals surface area contributed by atoms with Crippen molar-refractivity contribution in [2.75, 3.05) is 5.75 Å². The van der Waals surface area contributed by atoms with Gasteiger partial charge in [-0.05, 0) is 26.0 Å². The molecule has 0 saturated heterocycles. The van der Waals surface area contributed by atoms with Crippen LogP contribution in [-0.2, 0) is 4.79 Å². The third kappa shape index (κ3) is 4.51. The van der Waals surface area contributed by atoms with Crippen LogP contribution in [0.2, 0.25) is 0 Å². The quantitative estimate of drug-likeness (QED) is 0.394. The van der Waals surface area contributed by atoms with Gasteiger partial charge < -0.3 is 4.42 Å². The number of furan rings is 1. The largest absolute Gasteiger partial charge is 0.472 e. The number of hydrazone groups is 1. The van der Waals surface area contributed by atoms with Gasteiger partial charge in [-0.1, -0.05) is 11.8 Å². The molecule has 0 bridgehead atoms. The number of rotatable bonds is 5. The van der Waals surface area contributed by atoms with E-state index >= 15 is 0 Å². The molecule has 0 atom stereocenters. The fourth-order valence-electron chi connectivity index (χ4n) is 1.45. The van der Waals surface area contributed by atoms with Crippen LogP contribution in [0.5, 0.6) is 0 Å². The van der Waals surface area contributed by atoms with Gasteiger partial charge in [0.2, 0.25) is 0 Å². The summed E-state index contributed by atoms with van der Waals surface area (Å²) in [6, 6.07) is 3.63. The molecule has 6 nitrogen and oxygen atoms in total. The van der Waals surface area contributed by atoms with E-state index in [1.165, 1.54) is 30.5 Å². The average molecular weight is 290 g/mol. The van der Waals surface area contributed by atoms with Crippen LogP contribution in [0.3, 0.4) is 0 Å². The molecule has 0 aliphatic heterocycles. The van der Waals surface area contributed by atoms with Crippen LogP contribution < -0.4 is 5.43 Å². The van der Waals surface area contributed by atoms with Gasteiger partial charge in [-0.3, -0.25) is 4.79 Å². The van der Waals surface area contributed by atoms with Crippen LogP contribution in [-0.4, -0.2) is 27.8 Å². The van der Waals surface area contributed by atoms with Crippen molar-refractivity contribution in [3.05, 3.63) is 41.6 Å². The van der Waals surface area contributed by atoms with Crippen LogP contribution >= 0.6 is 11.8 Å². The van der Waals surface area contributed by atoms with Gasteiger partial charge in [0.05, 0.1) is 24.5 Å². The highest BCUT2D eigenvalue weighted by molar-refractivity contribution is 7.99. The van der Waals surface area contributed by atoms with Crippen LogP contribution in [0, 0.1) is 13.8 Å². The molecule has 2 heterocycles. The molecule has 2 aromatic heterocycles. The summed E-state index contributed by atoms with van der Waals surface area (Å²) in [6.07, 6.45) is 4.59. The number of hydrogen-bond donors (Lipinski definition) is 1. The number of carbonyl (C=O) groups excluding carboxylic acids is 1. The Balaban J connectivity index is 1.80. The van der Waals surface area contributed by atoms with Gasteiger partial charge in [0.15, 0.2) is 5.16 Å². The van der Waals surface area contributed by atoms with E-state index in [9.17, 15) is 4.79 Å². The van der Waals surface area contributed by atoms with E-state index in [1.54, 1.807) is 6.07 Å². The van der Waals surface area contributed by atoms with Crippen molar-refractivity contribution in [1.82, 2.24) is 15.4 Å². The Morgan fingerprint density at radius 2 is 2.20 bits per heavy atom. The second-order valence-corrected chi connectivity index (χ2v) is 5.01. The smallest absolute Gasteiger partial charge is 0.250 e. The zero-order valence-electron chi connectivity index (χ0n) is 11.2. The van der Waals surface area contributed by atoms with Gasteiger partial charge in [-0.2, -0.15) is 5.10 Å². The third-order valence-corrected chi connectivity index (χ3v) is 3.09. The van der Waals surface area contributed by atoms with Crippen molar-refractivity contribution < 1.29 is 9.21 Å². The predicted octanol–water partition coefficient (Wildman–Crippen LogP) is 1.93. The molecule has 7 heteroatoms. The van der Waals surface area contributed by atoms with Gasteiger partial charge in [0.25, 0.3) is 5.91 Å². The number of aryl methyl sites for hydroxylation is 2. The Labute approximate surface area is 120 Å². The standard InChI is InChI=1S/C13H14N4O2S/c1-9-5-10(2)16-13(15-9)20-8-12(18)17-14-6-11-3-4-19-7-11/h3-7H,8H2,1-2H3,(H,17,18)/b14-6-. The first kappa shape index (κ1) is 14.3. The molecule has 20 heavy (non-hydrogen) atoms. The first-order chi connectivity index (χ1) is 9.63. The lowest BCUT2D eigenvalue weighted by atomic mass is 10.4. The topological polar surface area (TPSA) is 80.4 Å². The maximum absolute atomic E-state index is 11.6. The van der Waals surface area contributed by atoms with Crippen LogP contribution in [0.25, 0.3) is 0 Å². The summed E-state index contributed by atoms with van der Waals surface area (Å²) in [6.45, 7) is 3.79. The molecule has 0 saturated carbocycles. The zero-order valence-corrected chi connectivity index (χ0v) is 12.0. The lowest BCUT2D eigenvalue weighted by molar-refractivity contribution is -0.118. The summed E-state index contributed by atoms with van der Waals surface area (Å²) in [5, 5.41) is 4.42. The minimum Gasteiger partial charge on any atom is -0.472 e. The molecular weight excluding hydrogens is 276 g/mol. The number of hydrogen-bond acceptors (Lipinski definition) is 6. The van der Waals surface area contributed by atoms with Crippen LogP contribution in [0.4, 0.5) is 0 Å². The molecule has 2 aromatic rings. The van der Waals surface area contributed by atoms with Gasteiger partial charge in [0, 0.05) is 17.0 Å². The summed E-state index contributed by atoms with van der Waals surface area (Å²) < 4.78 is 4.88. The summed E-state index contributed by atoms with van der Waals surface area (Å²) in [5.41, 5.74) is 5.00. The number of thioether (sulfide) groups is 1. The Morgan fingerprint density at radius 3 is 2.85 bits per heavy atom. The normalized spacial score (nSPS) is 10.9. The molecule has 2 rings (SSSR count). The molecular formula is C13H14N4O2S. The molecule has 0 fully saturated rings. The van der Waals surface area contributed by atoms with E-state index in [2.05, 4.69) is 20.5 Å². The van der Waals surface area contributed by atoms with Gasteiger partial charge in [0.1, 0.15) is 0 Å². The summed E-state index contributed by atoms with van der Waals surface area (Å²) >= 11 is 1.28. The highest BCUT2D eigenvalue weighted by Crippen LogP contribution is 2.13. The zero-order chi connectivity index (χ0) is 14.4. The second kappa shape index (κ2) is 6.85. The van der Waals surface area contributed by atoms with Gasteiger partial charge in [-0.25, -0.2) is 15.4 Å². The van der Waals surface area contributed by atoms with E-state index in [-0.39, 0.29) is 11.7 Å². The van der Waals surface area contributed by atoms with Crippen LogP contribution in [0.15, 0.2) is 39.3 Å². The minimum atomic E-state index is -0.211. The molecule has 0 radical (unpaired) electrons. The maximum Gasteiger partial charge on any atom is 0.250 e. The monoisotopic (exact) mass is 290 g/mol. The number of nitrogens with zero attached hydrogens (tertiary/aromatic N) is 3. The van der Waals surface area contributed by atoms with Gasteiger partial charge >= 0.3 is 0 Å². The summed E-state index contributed by atoms with van der Waals surface area (Å²) in [5.74, 6) is 0.00326. The Morgan fingerprint density at radius 1 is 1.45 bits per heavy atom. The fourth-order valence-corrected chi connectivity index (χ4v) is 2.19. The van der Waals surface area contributed by atoms with E-state index in [1.807, 2.05) is 19.9 Å². The second-order valence-electron chi connectivity index (χ2n) is 4.07. The number of carbonyl (C=O) groups is 1. The number of nitrogens with one attached hydrogen (secondary N) is 1.